The van der Waals surface area contributed by atoms with Crippen LogP contribution in [0.4, 0.5) is 5.82 Å². The Kier molecular flexibility index (Phi) is 5.86. The van der Waals surface area contributed by atoms with Gasteiger partial charge in [0.2, 0.25) is 0 Å². The molecule has 118 valence electrons. The van der Waals surface area contributed by atoms with Crippen molar-refractivity contribution in [2.24, 2.45) is 0 Å². The smallest absolute Gasteiger partial charge is 0.253 e. The van der Waals surface area contributed by atoms with E-state index in [0.717, 1.165) is 5.56 Å². The van der Waals surface area contributed by atoms with Crippen LogP contribution < -0.4 is 10.6 Å². The molecule has 0 aliphatic heterocycles. The maximum Gasteiger partial charge on any atom is 0.253 e. The van der Waals surface area contributed by atoms with Crippen LogP contribution in [-0.4, -0.2) is 17.4 Å². The minimum atomic E-state index is -0.257. The average Bonchev–Trinajstić information content (AvgIpc) is 2.55. The summed E-state index contributed by atoms with van der Waals surface area (Å²) >= 11 is 12.2. The van der Waals surface area contributed by atoms with Crippen molar-refractivity contribution in [2.75, 3.05) is 11.9 Å². The van der Waals surface area contributed by atoms with E-state index >= 15 is 0 Å². The van der Waals surface area contributed by atoms with Crippen molar-refractivity contribution in [3.05, 3.63) is 57.7 Å². The Balaban J connectivity index is 2.07. The Morgan fingerprint density at radius 3 is 2.78 bits per heavy atom. The third kappa shape index (κ3) is 4.38. The second kappa shape index (κ2) is 7.87. The Morgan fingerprint density at radius 1 is 1.35 bits per heavy atom. The van der Waals surface area contributed by atoms with Gasteiger partial charge in [0.05, 0.1) is 28.2 Å². The van der Waals surface area contributed by atoms with Gasteiger partial charge >= 0.3 is 0 Å². The molecule has 1 amide bonds. The molecule has 4 nitrogen and oxygen atoms in total. The van der Waals surface area contributed by atoms with E-state index < -0.39 is 0 Å². The summed E-state index contributed by atoms with van der Waals surface area (Å²) in [5, 5.41) is 6.82. The largest absolute Gasteiger partial charge is 0.363 e. The first-order valence-corrected chi connectivity index (χ1v) is 7.66. The fraction of sp³-hybridized carbons (Fsp3) is 0.176. The van der Waals surface area contributed by atoms with Crippen LogP contribution in [0.3, 0.4) is 0 Å². The topological polar surface area (TPSA) is 54.0 Å². The number of carbonyl (C=O) groups excluding carboxylic acids is 1. The summed E-state index contributed by atoms with van der Waals surface area (Å²) in [5.41, 5.74) is 1.32. The third-order valence-corrected chi connectivity index (χ3v) is 4.02. The van der Waals surface area contributed by atoms with Crippen LogP contribution in [0.5, 0.6) is 0 Å². The zero-order valence-electron chi connectivity index (χ0n) is 12.4. The lowest BCUT2D eigenvalue weighted by Gasteiger charge is -2.17. The Morgan fingerprint density at radius 2 is 2.13 bits per heavy atom. The molecular weight excluding hydrogens is 333 g/mol. The van der Waals surface area contributed by atoms with Crippen molar-refractivity contribution in [3.63, 3.8) is 0 Å². The Labute approximate surface area is 145 Å². The summed E-state index contributed by atoms with van der Waals surface area (Å²) in [5.74, 6) is 2.72. The highest BCUT2D eigenvalue weighted by Crippen LogP contribution is 2.31. The van der Waals surface area contributed by atoms with Gasteiger partial charge in [-0.15, -0.1) is 6.42 Å². The zero-order valence-corrected chi connectivity index (χ0v) is 13.9. The first-order valence-electron chi connectivity index (χ1n) is 6.91. The van der Waals surface area contributed by atoms with Crippen LogP contribution in [0.2, 0.25) is 10.0 Å². The summed E-state index contributed by atoms with van der Waals surface area (Å²) in [6.45, 7) is 2.13. The molecule has 0 bridgehead atoms. The summed E-state index contributed by atoms with van der Waals surface area (Å²) in [7, 11) is 0. The van der Waals surface area contributed by atoms with Crippen LogP contribution in [0.1, 0.15) is 28.9 Å². The number of carbonyl (C=O) groups is 1. The number of halogens is 2. The molecule has 0 aliphatic carbocycles. The lowest BCUT2D eigenvalue weighted by molar-refractivity contribution is 0.0958. The molecule has 0 fully saturated rings. The minimum absolute atomic E-state index is 0.0881. The predicted octanol–water partition coefficient (Wildman–Crippen LogP) is 3.92. The number of hydrogen-bond donors (Lipinski definition) is 2. The van der Waals surface area contributed by atoms with Crippen molar-refractivity contribution in [1.29, 1.82) is 0 Å². The van der Waals surface area contributed by atoms with Crippen LogP contribution in [0, 0.1) is 12.3 Å². The second-order valence-corrected chi connectivity index (χ2v) is 5.61. The highest BCUT2D eigenvalue weighted by atomic mass is 35.5. The number of anilines is 1. The Hall–Kier alpha value is -2.22. The minimum Gasteiger partial charge on any atom is -0.363 e. The van der Waals surface area contributed by atoms with Gasteiger partial charge in [0.25, 0.3) is 5.91 Å². The van der Waals surface area contributed by atoms with E-state index in [0.29, 0.717) is 21.4 Å². The van der Waals surface area contributed by atoms with Gasteiger partial charge in [-0.05, 0) is 30.7 Å². The monoisotopic (exact) mass is 347 g/mol. The number of rotatable bonds is 5. The van der Waals surface area contributed by atoms with Crippen LogP contribution in [0.15, 0.2) is 36.5 Å². The molecule has 1 atom stereocenters. The molecule has 2 aromatic rings. The second-order valence-electron chi connectivity index (χ2n) is 4.83. The predicted molar refractivity (Wildman–Crippen MR) is 93.9 cm³/mol. The van der Waals surface area contributed by atoms with Crippen molar-refractivity contribution in [1.82, 2.24) is 10.3 Å². The van der Waals surface area contributed by atoms with Crippen LogP contribution >= 0.6 is 23.2 Å². The van der Waals surface area contributed by atoms with Gasteiger partial charge in [-0.3, -0.25) is 4.79 Å². The van der Waals surface area contributed by atoms with E-state index in [1.807, 2.05) is 19.1 Å². The van der Waals surface area contributed by atoms with Crippen molar-refractivity contribution in [3.8, 4) is 12.3 Å². The number of amides is 1. The van der Waals surface area contributed by atoms with Crippen molar-refractivity contribution < 1.29 is 4.79 Å². The fourth-order valence-corrected chi connectivity index (χ4v) is 2.47. The van der Waals surface area contributed by atoms with Gasteiger partial charge in [-0.2, -0.15) is 0 Å². The summed E-state index contributed by atoms with van der Waals surface area (Å²) in [6.07, 6.45) is 6.59. The average molecular weight is 348 g/mol. The molecule has 0 saturated carbocycles. The number of nitrogens with one attached hydrogen (secondary N) is 2. The van der Waals surface area contributed by atoms with E-state index in [9.17, 15) is 4.79 Å². The maximum absolute atomic E-state index is 11.7. The van der Waals surface area contributed by atoms with E-state index in [1.165, 1.54) is 6.20 Å². The molecule has 0 radical (unpaired) electrons. The molecule has 2 rings (SSSR count). The summed E-state index contributed by atoms with van der Waals surface area (Å²) in [6, 6.07) is 8.78. The normalized spacial score (nSPS) is 11.4. The molecule has 1 heterocycles. The van der Waals surface area contributed by atoms with Gasteiger partial charge in [0, 0.05) is 6.20 Å². The number of terminal acetylenes is 1. The van der Waals surface area contributed by atoms with E-state index in [4.69, 9.17) is 29.6 Å². The fourth-order valence-electron chi connectivity index (χ4n) is 2.00. The summed E-state index contributed by atoms with van der Waals surface area (Å²) < 4.78 is 0. The number of nitrogens with zero attached hydrogens (tertiary/aromatic N) is 1. The molecule has 2 N–H and O–H groups in total. The quantitative estimate of drug-likeness (QED) is 0.805. The van der Waals surface area contributed by atoms with E-state index in [2.05, 4.69) is 21.5 Å². The maximum atomic E-state index is 11.7. The van der Waals surface area contributed by atoms with Gasteiger partial charge < -0.3 is 10.6 Å². The Bertz CT molecular complexity index is 738. The molecule has 1 unspecified atom stereocenters. The SMILES string of the molecule is C#CCNC(=O)c1ccc(NC(C)c2cccc(Cl)c2Cl)nc1. The number of aromatic nitrogens is 1. The standard InChI is InChI=1S/C17H15Cl2N3O/c1-3-9-20-17(23)12-7-8-15(21-10-12)22-11(2)13-5-4-6-14(18)16(13)19/h1,4-8,10-11H,9H2,2H3,(H,20,23)(H,21,22). The molecule has 23 heavy (non-hydrogen) atoms. The van der Waals surface area contributed by atoms with Gasteiger partial charge in [0.1, 0.15) is 5.82 Å². The molecule has 6 heteroatoms. The number of benzene rings is 1. The van der Waals surface area contributed by atoms with E-state index in [-0.39, 0.29) is 18.5 Å². The molecular formula is C17H15Cl2N3O. The van der Waals surface area contributed by atoms with Gasteiger partial charge in [0.15, 0.2) is 0 Å². The summed E-state index contributed by atoms with van der Waals surface area (Å²) in [4.78, 5) is 16.0. The van der Waals surface area contributed by atoms with Gasteiger partial charge in [-0.25, -0.2) is 4.98 Å². The lowest BCUT2D eigenvalue weighted by atomic mass is 10.1. The highest BCUT2D eigenvalue weighted by molar-refractivity contribution is 6.42. The molecule has 0 spiro atoms. The van der Waals surface area contributed by atoms with Crippen molar-refractivity contribution in [2.45, 2.75) is 13.0 Å². The first-order chi connectivity index (χ1) is 11.0. The van der Waals surface area contributed by atoms with Crippen LogP contribution in [-0.2, 0) is 0 Å². The molecule has 0 saturated heterocycles. The van der Waals surface area contributed by atoms with E-state index in [1.54, 1.807) is 18.2 Å². The zero-order chi connectivity index (χ0) is 16.8. The first kappa shape index (κ1) is 17.1. The lowest BCUT2D eigenvalue weighted by Crippen LogP contribution is -2.23. The number of hydrogen-bond acceptors (Lipinski definition) is 3. The van der Waals surface area contributed by atoms with Crippen molar-refractivity contribution >= 4 is 34.9 Å². The van der Waals surface area contributed by atoms with Crippen LogP contribution in [0.25, 0.3) is 0 Å². The van der Waals surface area contributed by atoms with Gasteiger partial charge in [-0.1, -0.05) is 41.3 Å². The molecule has 1 aromatic heterocycles. The molecule has 0 aliphatic rings. The molecule has 1 aromatic carbocycles. The third-order valence-electron chi connectivity index (χ3n) is 3.19. The highest BCUT2D eigenvalue weighted by Gasteiger charge is 2.12. The number of pyridine rings is 1.